The lowest BCUT2D eigenvalue weighted by Gasteiger charge is -2.07. The first kappa shape index (κ1) is 57.1. The van der Waals surface area contributed by atoms with Crippen molar-refractivity contribution in [2.45, 2.75) is 34.6 Å². The maximum absolute atomic E-state index is 11.9. The van der Waals surface area contributed by atoms with Gasteiger partial charge in [0, 0.05) is 51.8 Å². The summed E-state index contributed by atoms with van der Waals surface area (Å²) in [6, 6.07) is 32.5. The number of pyridine rings is 2. The fourth-order valence-electron chi connectivity index (χ4n) is 5.28. The molecule has 0 aliphatic rings. The summed E-state index contributed by atoms with van der Waals surface area (Å²) in [5, 5.41) is 12.5. The first-order valence-electron chi connectivity index (χ1n) is 21.5. The van der Waals surface area contributed by atoms with Crippen molar-refractivity contribution in [3.8, 4) is 0 Å². The normalized spacial score (nSPS) is 9.94. The lowest BCUT2D eigenvalue weighted by molar-refractivity contribution is -0.148. The molecule has 6 N–H and O–H groups in total. The number of carboxylic acids is 1. The molecular formula is C51H56N4O15. The average molecular weight is 965 g/mol. The molecule has 6 aromatic rings. The molecule has 0 radical (unpaired) electrons. The number of rotatable bonds is 14. The molecular weight excluding hydrogens is 909 g/mol. The molecule has 0 saturated carbocycles. The number of nitrogens with one attached hydrogen (secondary N) is 3. The SMILES string of the molecule is CCO/C=C(\C(=O)OC)C(=O)OCC.CCOC(=O)C(=CNc1ccccc1)C(=O)OCC.CCOC(=O)c1c[nH]c2ccccc2c1=O.Nc1ccccc1.O=C(O)c1c[nH]c2ccccc2c1=O. The van der Waals surface area contributed by atoms with Gasteiger partial charge in [0.1, 0.15) is 17.4 Å². The molecule has 0 fully saturated rings. The number of carbonyl (C=O) groups is 6. The lowest BCUT2D eigenvalue weighted by atomic mass is 10.1. The van der Waals surface area contributed by atoms with Gasteiger partial charge in [0.2, 0.25) is 10.9 Å². The Morgan fingerprint density at radius 3 is 1.41 bits per heavy atom. The van der Waals surface area contributed by atoms with Crippen LogP contribution < -0.4 is 21.9 Å². The summed E-state index contributed by atoms with van der Waals surface area (Å²) in [6.45, 7) is 9.62. The van der Waals surface area contributed by atoms with E-state index < -0.39 is 41.2 Å². The van der Waals surface area contributed by atoms with E-state index >= 15 is 0 Å². The number of fused-ring (bicyclic) bond motifs is 2. The van der Waals surface area contributed by atoms with Crippen LogP contribution in [0.4, 0.5) is 11.4 Å². The van der Waals surface area contributed by atoms with E-state index in [0.717, 1.165) is 17.6 Å². The highest BCUT2D eigenvalue weighted by molar-refractivity contribution is 6.14. The number of anilines is 2. The molecule has 0 saturated heterocycles. The van der Waals surface area contributed by atoms with Gasteiger partial charge < -0.3 is 54.5 Å². The summed E-state index contributed by atoms with van der Waals surface area (Å²) in [7, 11) is 1.18. The van der Waals surface area contributed by atoms with Gasteiger partial charge in [0.25, 0.3) is 0 Å². The molecule has 370 valence electrons. The number of ether oxygens (including phenoxy) is 6. The molecule has 0 amide bonds. The van der Waals surface area contributed by atoms with Crippen LogP contribution in [0.3, 0.4) is 0 Å². The van der Waals surface area contributed by atoms with Crippen molar-refractivity contribution in [2.24, 2.45) is 0 Å². The number of carboxylic acid groups (broad SMARTS) is 1. The minimum atomic E-state index is -1.21. The zero-order valence-electron chi connectivity index (χ0n) is 39.5. The molecule has 2 aromatic heterocycles. The summed E-state index contributed by atoms with van der Waals surface area (Å²) >= 11 is 0. The number of esters is 5. The summed E-state index contributed by atoms with van der Waals surface area (Å²) in [5.74, 6) is -4.72. The molecule has 4 aromatic carbocycles. The van der Waals surface area contributed by atoms with E-state index in [-0.39, 0.29) is 54.1 Å². The summed E-state index contributed by atoms with van der Waals surface area (Å²) < 4.78 is 28.3. The Kier molecular flexibility index (Phi) is 26.0. The Morgan fingerprint density at radius 1 is 0.557 bits per heavy atom. The molecule has 0 aliphatic heterocycles. The van der Waals surface area contributed by atoms with Gasteiger partial charge in [-0.15, -0.1) is 0 Å². The average Bonchev–Trinajstić information content (AvgIpc) is 3.36. The number of H-pyrrole nitrogens is 2. The highest BCUT2D eigenvalue weighted by atomic mass is 16.6. The first-order valence-corrected chi connectivity index (χ1v) is 21.5. The van der Waals surface area contributed by atoms with Gasteiger partial charge in [0.15, 0.2) is 11.1 Å². The van der Waals surface area contributed by atoms with Gasteiger partial charge in [0.05, 0.1) is 40.1 Å². The van der Waals surface area contributed by atoms with Gasteiger partial charge in [-0.2, -0.15) is 0 Å². The Balaban J connectivity index is 0.000000307. The molecule has 0 atom stereocenters. The second-order valence-electron chi connectivity index (χ2n) is 13.3. The van der Waals surface area contributed by atoms with Crippen LogP contribution in [0.15, 0.2) is 155 Å². The second kappa shape index (κ2) is 31.8. The first-order chi connectivity index (χ1) is 33.7. The van der Waals surface area contributed by atoms with Gasteiger partial charge in [-0.05, 0) is 83.1 Å². The van der Waals surface area contributed by atoms with E-state index in [9.17, 15) is 38.4 Å². The topological polar surface area (TPSA) is 282 Å². The fraction of sp³-hybridized carbons (Fsp3) is 0.216. The lowest BCUT2D eigenvalue weighted by Crippen LogP contribution is -2.19. The number of aromatic amines is 2. The molecule has 2 heterocycles. The van der Waals surface area contributed by atoms with Crippen molar-refractivity contribution in [1.29, 1.82) is 0 Å². The predicted molar refractivity (Wildman–Crippen MR) is 263 cm³/mol. The van der Waals surface area contributed by atoms with Crippen LogP contribution in [0.5, 0.6) is 0 Å². The van der Waals surface area contributed by atoms with E-state index in [1.165, 1.54) is 25.7 Å². The van der Waals surface area contributed by atoms with Crippen molar-refractivity contribution in [2.75, 3.05) is 51.2 Å². The summed E-state index contributed by atoms with van der Waals surface area (Å²) in [6.07, 6.45) is 4.95. The molecule has 0 aliphatic carbocycles. The highest BCUT2D eigenvalue weighted by Crippen LogP contribution is 2.10. The Labute approximate surface area is 402 Å². The Hall–Kier alpha value is -9.00. The van der Waals surface area contributed by atoms with Crippen LogP contribution in [0, 0.1) is 0 Å². The van der Waals surface area contributed by atoms with Crippen LogP contribution in [0.25, 0.3) is 21.8 Å². The third kappa shape index (κ3) is 19.1. The van der Waals surface area contributed by atoms with Gasteiger partial charge >= 0.3 is 35.8 Å². The van der Waals surface area contributed by atoms with Gasteiger partial charge in [-0.3, -0.25) is 9.59 Å². The summed E-state index contributed by atoms with van der Waals surface area (Å²) in [5.41, 5.74) is 6.95. The number of aromatic carboxylic acids is 1. The van der Waals surface area contributed by atoms with E-state index in [4.69, 9.17) is 29.8 Å². The number of carbonyl (C=O) groups excluding carboxylic acids is 5. The largest absolute Gasteiger partial charge is 0.500 e. The quantitative estimate of drug-likeness (QED) is 0.0140. The van der Waals surface area contributed by atoms with E-state index in [1.807, 2.05) is 66.7 Å². The minimum absolute atomic E-state index is 0.0422. The Morgan fingerprint density at radius 2 is 0.986 bits per heavy atom. The fourth-order valence-corrected chi connectivity index (χ4v) is 5.28. The molecule has 0 spiro atoms. The second-order valence-corrected chi connectivity index (χ2v) is 13.3. The zero-order chi connectivity index (χ0) is 51.8. The number of benzene rings is 4. The predicted octanol–water partition coefficient (Wildman–Crippen LogP) is 6.95. The van der Waals surface area contributed by atoms with Crippen molar-refractivity contribution in [3.63, 3.8) is 0 Å². The van der Waals surface area contributed by atoms with Crippen molar-refractivity contribution >= 4 is 69.0 Å². The van der Waals surface area contributed by atoms with E-state index in [2.05, 4.69) is 24.8 Å². The number of aromatic nitrogens is 2. The van der Waals surface area contributed by atoms with Gasteiger partial charge in [-0.25, -0.2) is 28.8 Å². The van der Waals surface area contributed by atoms with Crippen LogP contribution in [0.1, 0.15) is 55.3 Å². The standard InChI is InChI=1S/C14H17NO4.C12H11NO3.C10H7NO3.C9H14O5.C6H7N/c1-3-18-13(16)12(14(17)19-4-2)10-15-11-8-6-5-7-9-11;1-2-16-12(15)9-7-13-10-6-4-3-5-8(10)11(9)14;12-9-6-3-1-2-4-8(6)11-5-7(9)10(13)14;1-4-13-6-7(8(10)12-3)9(11)14-5-2;7-6-4-2-1-3-5-6/h5-10,15H,3-4H2,1-2H3;3-7H,2H2,1H3,(H,13,14);1-5H,(H,11,12)(H,13,14);6H,4-5H2,1-3H3;1-5H,7H2/b;;;7-6+;. The number of nitrogens with two attached hydrogens (primary N) is 1. The minimum Gasteiger partial charge on any atom is -0.500 e. The summed E-state index contributed by atoms with van der Waals surface area (Å²) in [4.78, 5) is 96.8. The number of nitrogen functional groups attached to an aromatic ring is 1. The molecule has 0 bridgehead atoms. The highest BCUT2D eigenvalue weighted by Gasteiger charge is 2.22. The Bertz CT molecular complexity index is 2800. The molecule has 70 heavy (non-hydrogen) atoms. The molecule has 19 heteroatoms. The number of hydrogen-bond acceptors (Lipinski definition) is 16. The third-order valence-corrected chi connectivity index (χ3v) is 8.52. The van der Waals surface area contributed by atoms with Crippen molar-refractivity contribution in [1.82, 2.24) is 9.97 Å². The monoisotopic (exact) mass is 964 g/mol. The molecule has 19 nitrogen and oxygen atoms in total. The number of hydrogen-bond donors (Lipinski definition) is 5. The smallest absolute Gasteiger partial charge is 0.348 e. The van der Waals surface area contributed by atoms with Crippen LogP contribution in [-0.4, -0.2) is 91.0 Å². The van der Waals surface area contributed by atoms with Crippen molar-refractivity contribution < 1.29 is 62.3 Å². The van der Waals surface area contributed by atoms with Crippen LogP contribution in [0.2, 0.25) is 0 Å². The zero-order valence-corrected chi connectivity index (χ0v) is 39.5. The maximum atomic E-state index is 11.9. The van der Waals surface area contributed by atoms with Crippen LogP contribution in [-0.2, 0) is 47.6 Å². The molecule has 6 rings (SSSR count). The number of para-hydroxylation sites is 4. The van der Waals surface area contributed by atoms with Crippen LogP contribution >= 0.6 is 0 Å². The third-order valence-electron chi connectivity index (χ3n) is 8.52. The van der Waals surface area contributed by atoms with Crippen molar-refractivity contribution in [3.05, 3.63) is 177 Å². The van der Waals surface area contributed by atoms with Gasteiger partial charge in [-0.1, -0.05) is 60.7 Å². The maximum Gasteiger partial charge on any atom is 0.348 e. The van der Waals surface area contributed by atoms with E-state index in [1.54, 1.807) is 77.1 Å². The van der Waals surface area contributed by atoms with E-state index in [0.29, 0.717) is 28.4 Å². The number of methoxy groups -OCH3 is 1. The molecule has 0 unspecified atom stereocenters.